The minimum atomic E-state index is -0.581. The highest BCUT2D eigenvalue weighted by Crippen LogP contribution is 2.26. The van der Waals surface area contributed by atoms with E-state index in [0.29, 0.717) is 37.6 Å². The second-order valence-corrected chi connectivity index (χ2v) is 6.73. The molecular formula is C20H23F2N5O2. The largest absolute Gasteiger partial charge is 0.365 e. The summed E-state index contributed by atoms with van der Waals surface area (Å²) in [6.07, 6.45) is 0.684. The summed E-state index contributed by atoms with van der Waals surface area (Å²) in [5.41, 5.74) is 0.518. The first-order valence-electron chi connectivity index (χ1n) is 9.45. The summed E-state index contributed by atoms with van der Waals surface area (Å²) in [4.78, 5) is 16.8. The van der Waals surface area contributed by atoms with Crippen molar-refractivity contribution in [2.24, 2.45) is 4.99 Å². The van der Waals surface area contributed by atoms with Crippen molar-refractivity contribution in [3.05, 3.63) is 69.8 Å². The molecule has 154 valence electrons. The molecule has 9 heteroatoms. The van der Waals surface area contributed by atoms with Gasteiger partial charge in [0, 0.05) is 31.7 Å². The minimum absolute atomic E-state index is 0.0151. The predicted molar refractivity (Wildman–Crippen MR) is 108 cm³/mol. The summed E-state index contributed by atoms with van der Waals surface area (Å²) >= 11 is 0. The van der Waals surface area contributed by atoms with Gasteiger partial charge in [0.1, 0.15) is 17.3 Å². The van der Waals surface area contributed by atoms with E-state index in [4.69, 9.17) is 0 Å². The lowest BCUT2D eigenvalue weighted by Gasteiger charge is -2.21. The maximum Gasteiger partial charge on any atom is 0.274 e. The molecule has 7 nitrogen and oxygen atoms in total. The lowest BCUT2D eigenvalue weighted by Crippen LogP contribution is -2.44. The molecule has 1 aliphatic rings. The zero-order chi connectivity index (χ0) is 20.8. The molecule has 1 atom stereocenters. The van der Waals surface area contributed by atoms with Crippen LogP contribution in [-0.4, -0.2) is 36.6 Å². The van der Waals surface area contributed by atoms with Crippen molar-refractivity contribution in [3.8, 4) is 0 Å². The summed E-state index contributed by atoms with van der Waals surface area (Å²) in [6, 6.07) is 10.2. The third kappa shape index (κ3) is 4.98. The van der Waals surface area contributed by atoms with Gasteiger partial charge in [-0.05, 0) is 25.5 Å². The van der Waals surface area contributed by atoms with Crippen LogP contribution in [0.1, 0.15) is 18.9 Å². The van der Waals surface area contributed by atoms with Gasteiger partial charge in [-0.2, -0.15) is 0 Å². The Morgan fingerprint density at radius 3 is 2.66 bits per heavy atom. The minimum Gasteiger partial charge on any atom is -0.365 e. The zero-order valence-corrected chi connectivity index (χ0v) is 16.1. The van der Waals surface area contributed by atoms with E-state index < -0.39 is 16.6 Å². The normalized spacial score (nSPS) is 16.7. The first kappa shape index (κ1) is 20.5. The lowest BCUT2D eigenvalue weighted by molar-refractivity contribution is -0.385. The summed E-state index contributed by atoms with van der Waals surface area (Å²) < 4.78 is 28.1. The number of anilines is 1. The molecule has 0 aliphatic carbocycles. The van der Waals surface area contributed by atoms with Crippen molar-refractivity contribution in [3.63, 3.8) is 0 Å². The quantitative estimate of drug-likeness (QED) is 0.335. The van der Waals surface area contributed by atoms with Gasteiger partial charge in [-0.3, -0.25) is 10.1 Å². The number of nitrogens with zero attached hydrogens (tertiary/aromatic N) is 3. The Bertz CT molecular complexity index is 886. The molecule has 0 amide bonds. The van der Waals surface area contributed by atoms with Crippen LogP contribution in [0.4, 0.5) is 20.2 Å². The fraction of sp³-hybridized carbons (Fsp3) is 0.350. The van der Waals surface area contributed by atoms with Crippen LogP contribution in [0.3, 0.4) is 0 Å². The first-order chi connectivity index (χ1) is 14.0. The average molecular weight is 403 g/mol. The Morgan fingerprint density at radius 2 is 1.97 bits per heavy atom. The third-order valence-corrected chi connectivity index (χ3v) is 4.72. The first-order valence-corrected chi connectivity index (χ1v) is 9.45. The third-order valence-electron chi connectivity index (χ3n) is 4.72. The van der Waals surface area contributed by atoms with Crippen LogP contribution in [0.5, 0.6) is 0 Å². The van der Waals surface area contributed by atoms with Crippen LogP contribution in [0.15, 0.2) is 47.5 Å². The van der Waals surface area contributed by atoms with E-state index in [-0.39, 0.29) is 24.0 Å². The van der Waals surface area contributed by atoms with Gasteiger partial charge in [0.25, 0.3) is 5.69 Å². The monoisotopic (exact) mass is 403 g/mol. The second-order valence-electron chi connectivity index (χ2n) is 6.73. The highest BCUT2D eigenvalue weighted by atomic mass is 19.1. The van der Waals surface area contributed by atoms with E-state index >= 15 is 0 Å². The number of hydrogen-bond donors (Lipinski definition) is 2. The van der Waals surface area contributed by atoms with Crippen LogP contribution >= 0.6 is 0 Å². The van der Waals surface area contributed by atoms with Crippen molar-refractivity contribution >= 4 is 17.3 Å². The van der Waals surface area contributed by atoms with Crippen molar-refractivity contribution in [2.45, 2.75) is 25.9 Å². The number of hydrogen-bond acceptors (Lipinski definition) is 4. The average Bonchev–Trinajstić information content (AvgIpc) is 3.14. The molecule has 2 aromatic carbocycles. The molecule has 1 saturated heterocycles. The van der Waals surface area contributed by atoms with Gasteiger partial charge in [-0.15, -0.1) is 0 Å². The van der Waals surface area contributed by atoms with Crippen LogP contribution in [0, 0.1) is 21.7 Å². The highest BCUT2D eigenvalue weighted by molar-refractivity contribution is 5.80. The Labute approximate surface area is 167 Å². The maximum absolute atomic E-state index is 14.0. The number of halogens is 2. The maximum atomic E-state index is 14.0. The number of nitro benzene ring substituents is 1. The zero-order valence-electron chi connectivity index (χ0n) is 16.1. The second kappa shape index (κ2) is 9.31. The van der Waals surface area contributed by atoms with E-state index in [2.05, 4.69) is 15.6 Å². The fourth-order valence-electron chi connectivity index (χ4n) is 3.37. The van der Waals surface area contributed by atoms with Gasteiger partial charge in [-0.1, -0.05) is 24.3 Å². The van der Waals surface area contributed by atoms with Crippen LogP contribution in [0.25, 0.3) is 0 Å². The van der Waals surface area contributed by atoms with Crippen molar-refractivity contribution in [1.82, 2.24) is 10.6 Å². The number of aliphatic imine (C=N–C) groups is 1. The predicted octanol–water partition coefficient (Wildman–Crippen LogP) is 3.21. The van der Waals surface area contributed by atoms with Crippen LogP contribution < -0.4 is 15.5 Å². The lowest BCUT2D eigenvalue weighted by atomic mass is 10.2. The number of nitrogens with one attached hydrogen (secondary N) is 2. The SMILES string of the molecule is CCNC(=NCc1ccccc1[N+](=O)[O-])NC1CCN(c2c(F)cccc2F)C1. The van der Waals surface area contributed by atoms with Gasteiger partial charge < -0.3 is 15.5 Å². The Balaban J connectivity index is 1.68. The molecule has 0 aromatic heterocycles. The molecule has 3 rings (SSSR count). The molecule has 1 unspecified atom stereocenters. The molecule has 0 spiro atoms. The van der Waals surface area contributed by atoms with Crippen LogP contribution in [-0.2, 0) is 6.54 Å². The molecular weight excluding hydrogens is 380 g/mol. The van der Waals surface area contributed by atoms with Gasteiger partial charge >= 0.3 is 0 Å². The summed E-state index contributed by atoms with van der Waals surface area (Å²) in [5, 5.41) is 17.5. The summed E-state index contributed by atoms with van der Waals surface area (Å²) in [6.45, 7) is 3.61. The molecule has 0 bridgehead atoms. The Morgan fingerprint density at radius 1 is 1.24 bits per heavy atom. The molecule has 0 saturated carbocycles. The Kier molecular flexibility index (Phi) is 6.58. The smallest absolute Gasteiger partial charge is 0.274 e. The summed E-state index contributed by atoms with van der Waals surface area (Å²) in [7, 11) is 0. The van der Waals surface area contributed by atoms with Crippen LogP contribution in [0.2, 0.25) is 0 Å². The molecule has 2 N–H and O–H groups in total. The Hall–Kier alpha value is -3.23. The molecule has 1 aliphatic heterocycles. The number of benzene rings is 2. The topological polar surface area (TPSA) is 82.8 Å². The van der Waals surface area contributed by atoms with Crippen molar-refractivity contribution < 1.29 is 13.7 Å². The highest BCUT2D eigenvalue weighted by Gasteiger charge is 2.27. The fourth-order valence-corrected chi connectivity index (χ4v) is 3.37. The molecule has 0 radical (unpaired) electrons. The molecule has 2 aromatic rings. The van der Waals surface area contributed by atoms with Gasteiger partial charge in [-0.25, -0.2) is 13.8 Å². The molecule has 29 heavy (non-hydrogen) atoms. The summed E-state index contributed by atoms with van der Waals surface area (Å²) in [5.74, 6) is -0.656. The number of para-hydroxylation sites is 2. The van der Waals surface area contributed by atoms with E-state index in [1.807, 2.05) is 6.92 Å². The standard InChI is InChI=1S/C20H23F2N5O2/c1-2-23-20(24-12-14-6-3-4-9-18(14)27(28)29)25-15-10-11-26(13-15)19-16(21)7-5-8-17(19)22/h3-9,15H,2,10-13H2,1H3,(H2,23,24,25). The number of rotatable bonds is 6. The van der Waals surface area contributed by atoms with Gasteiger partial charge in [0.15, 0.2) is 5.96 Å². The van der Waals surface area contributed by atoms with Crippen molar-refractivity contribution in [2.75, 3.05) is 24.5 Å². The number of guanidine groups is 1. The van der Waals surface area contributed by atoms with E-state index in [1.165, 1.54) is 24.3 Å². The van der Waals surface area contributed by atoms with E-state index in [1.54, 1.807) is 23.1 Å². The van der Waals surface area contributed by atoms with Gasteiger partial charge in [0.2, 0.25) is 0 Å². The van der Waals surface area contributed by atoms with Gasteiger partial charge in [0.05, 0.1) is 17.0 Å². The molecule has 1 fully saturated rings. The van der Waals surface area contributed by atoms with Crippen molar-refractivity contribution in [1.29, 1.82) is 0 Å². The van der Waals surface area contributed by atoms with E-state index in [0.717, 1.165) is 0 Å². The van der Waals surface area contributed by atoms with E-state index in [9.17, 15) is 18.9 Å². The number of nitro groups is 1. The molecule has 1 heterocycles.